The van der Waals surface area contributed by atoms with Gasteiger partial charge in [-0.25, -0.2) is 0 Å². The van der Waals surface area contributed by atoms with Crippen molar-refractivity contribution in [1.82, 2.24) is 5.32 Å². The molecule has 1 aromatic rings. The number of nitrogens with one attached hydrogen (secondary N) is 1. The summed E-state index contributed by atoms with van der Waals surface area (Å²) in [4.78, 5) is 0. The van der Waals surface area contributed by atoms with E-state index in [1.807, 2.05) is 32.9 Å². The van der Waals surface area contributed by atoms with Crippen LogP contribution in [0.4, 0.5) is 5.69 Å². The Morgan fingerprint density at radius 1 is 1.32 bits per heavy atom. The molecule has 0 aliphatic carbocycles. The molecular weight excluding hydrogens is 244 g/mol. The van der Waals surface area contributed by atoms with Gasteiger partial charge in [0.25, 0.3) is 0 Å². The van der Waals surface area contributed by atoms with E-state index >= 15 is 0 Å². The molecule has 1 fully saturated rings. The summed E-state index contributed by atoms with van der Waals surface area (Å²) in [5, 5.41) is 13.2. The Balaban J connectivity index is 2.04. The Labute approximate surface area is 113 Å². The second-order valence-corrected chi connectivity index (χ2v) is 5.83. The Morgan fingerprint density at radius 2 is 2.00 bits per heavy atom. The molecule has 3 unspecified atom stereocenters. The van der Waals surface area contributed by atoms with Crippen molar-refractivity contribution in [1.29, 1.82) is 0 Å². The molecule has 1 saturated heterocycles. The number of ether oxygens (including phenoxy) is 2. The highest BCUT2D eigenvalue weighted by molar-refractivity contribution is 5.49. The predicted octanol–water partition coefficient (Wildman–Crippen LogP) is 1.42. The summed E-state index contributed by atoms with van der Waals surface area (Å²) in [5.41, 5.74) is 7.09. The van der Waals surface area contributed by atoms with Gasteiger partial charge >= 0.3 is 0 Å². The molecule has 19 heavy (non-hydrogen) atoms. The predicted molar refractivity (Wildman–Crippen MR) is 73.9 cm³/mol. The number of nitrogens with two attached hydrogens (primary N) is 1. The Bertz CT molecular complexity index is 456. The average molecular weight is 266 g/mol. The van der Waals surface area contributed by atoms with Gasteiger partial charge in [-0.2, -0.15) is 0 Å². The molecule has 3 atom stereocenters. The second-order valence-electron chi connectivity index (χ2n) is 5.83. The Morgan fingerprint density at radius 3 is 2.58 bits per heavy atom. The fourth-order valence-electron chi connectivity index (χ4n) is 2.08. The molecule has 5 nitrogen and oxygen atoms in total. The first-order valence-electron chi connectivity index (χ1n) is 6.36. The van der Waals surface area contributed by atoms with Crippen LogP contribution >= 0.6 is 0 Å². The highest BCUT2D eigenvalue weighted by Gasteiger charge is 2.44. The van der Waals surface area contributed by atoms with Crippen molar-refractivity contribution in [3.8, 4) is 5.75 Å². The third kappa shape index (κ3) is 3.59. The lowest BCUT2D eigenvalue weighted by atomic mass is 10.1. The maximum atomic E-state index is 10.0. The first kappa shape index (κ1) is 14.1. The highest BCUT2D eigenvalue weighted by atomic mass is 16.6. The summed E-state index contributed by atoms with van der Waals surface area (Å²) in [6, 6.07) is 5.51. The number of hydrogen-bond donors (Lipinski definition) is 3. The van der Waals surface area contributed by atoms with Crippen molar-refractivity contribution in [3.05, 3.63) is 23.8 Å². The lowest BCUT2D eigenvalue weighted by Gasteiger charge is -2.23. The SMILES string of the molecule is COc1cc(N)cc(C2NC2C(O)OC(C)(C)C)c1. The standard InChI is InChI=1S/C14H22N2O3/c1-14(2,3)19-13(17)12-11(16-12)8-5-9(15)7-10(6-8)18-4/h5-7,11-13,16-17H,15H2,1-4H3. The normalized spacial score (nSPS) is 24.1. The first-order valence-corrected chi connectivity index (χ1v) is 6.36. The highest BCUT2D eigenvalue weighted by Crippen LogP contribution is 2.36. The molecule has 0 spiro atoms. The van der Waals surface area contributed by atoms with Gasteiger partial charge in [0, 0.05) is 11.8 Å². The van der Waals surface area contributed by atoms with Gasteiger partial charge in [-0.1, -0.05) is 0 Å². The number of anilines is 1. The van der Waals surface area contributed by atoms with Crippen molar-refractivity contribution in [2.75, 3.05) is 12.8 Å². The monoisotopic (exact) mass is 266 g/mol. The second kappa shape index (κ2) is 5.00. The maximum Gasteiger partial charge on any atom is 0.172 e. The lowest BCUT2D eigenvalue weighted by Crippen LogP contribution is -2.31. The summed E-state index contributed by atoms with van der Waals surface area (Å²) in [6.07, 6.45) is -0.836. The van der Waals surface area contributed by atoms with Crippen molar-refractivity contribution in [2.45, 2.75) is 44.7 Å². The van der Waals surface area contributed by atoms with Gasteiger partial charge in [0.1, 0.15) is 5.75 Å². The van der Waals surface area contributed by atoms with E-state index in [4.69, 9.17) is 15.2 Å². The zero-order chi connectivity index (χ0) is 14.2. The molecule has 1 aliphatic rings. The van der Waals surface area contributed by atoms with E-state index < -0.39 is 6.29 Å². The van der Waals surface area contributed by atoms with Crippen molar-refractivity contribution >= 4 is 5.69 Å². The van der Waals surface area contributed by atoms with Crippen LogP contribution in [0.15, 0.2) is 18.2 Å². The molecule has 106 valence electrons. The van der Waals surface area contributed by atoms with Gasteiger partial charge in [-0.15, -0.1) is 0 Å². The van der Waals surface area contributed by atoms with Gasteiger partial charge < -0.3 is 20.3 Å². The largest absolute Gasteiger partial charge is 0.497 e. The minimum Gasteiger partial charge on any atom is -0.497 e. The maximum absolute atomic E-state index is 10.0. The molecular formula is C14H22N2O3. The number of benzene rings is 1. The van der Waals surface area contributed by atoms with E-state index in [0.717, 1.165) is 5.56 Å². The number of rotatable bonds is 4. The summed E-state index contributed by atoms with van der Waals surface area (Å²) in [5.74, 6) is 0.716. The van der Waals surface area contributed by atoms with Crippen LogP contribution in [0.3, 0.4) is 0 Å². The van der Waals surface area contributed by atoms with Crippen LogP contribution in [0.25, 0.3) is 0 Å². The van der Waals surface area contributed by atoms with Crippen LogP contribution in [0.1, 0.15) is 32.4 Å². The first-order chi connectivity index (χ1) is 8.80. The molecule has 0 bridgehead atoms. The van der Waals surface area contributed by atoms with Gasteiger partial charge in [-0.3, -0.25) is 5.32 Å². The van der Waals surface area contributed by atoms with E-state index in [2.05, 4.69) is 5.32 Å². The summed E-state index contributed by atoms with van der Waals surface area (Å²) in [7, 11) is 1.61. The van der Waals surface area contributed by atoms with Crippen LogP contribution in [0.5, 0.6) is 5.75 Å². The van der Waals surface area contributed by atoms with Gasteiger partial charge in [0.15, 0.2) is 6.29 Å². The van der Waals surface area contributed by atoms with Crippen LogP contribution in [-0.4, -0.2) is 30.1 Å². The van der Waals surface area contributed by atoms with E-state index in [0.29, 0.717) is 11.4 Å². The molecule has 0 saturated carbocycles. The van der Waals surface area contributed by atoms with Crippen LogP contribution in [0.2, 0.25) is 0 Å². The van der Waals surface area contributed by atoms with E-state index in [-0.39, 0.29) is 17.7 Å². The number of methoxy groups -OCH3 is 1. The molecule has 4 N–H and O–H groups in total. The molecule has 5 heteroatoms. The fraction of sp³-hybridized carbons (Fsp3) is 0.571. The number of aliphatic hydroxyl groups excluding tert-OH is 1. The molecule has 1 aromatic carbocycles. The topological polar surface area (TPSA) is 86.7 Å². The van der Waals surface area contributed by atoms with Crippen molar-refractivity contribution in [2.24, 2.45) is 0 Å². The minimum atomic E-state index is -0.836. The Kier molecular flexibility index (Phi) is 3.71. The zero-order valence-corrected chi connectivity index (χ0v) is 11.8. The van der Waals surface area contributed by atoms with Crippen molar-refractivity contribution < 1.29 is 14.6 Å². The zero-order valence-electron chi connectivity index (χ0n) is 11.8. The van der Waals surface area contributed by atoms with Gasteiger partial charge in [-0.05, 0) is 38.5 Å². The third-order valence-electron chi connectivity index (χ3n) is 2.95. The van der Waals surface area contributed by atoms with Crippen LogP contribution in [0, 0.1) is 0 Å². The summed E-state index contributed by atoms with van der Waals surface area (Å²) >= 11 is 0. The van der Waals surface area contributed by atoms with Gasteiger partial charge in [0.2, 0.25) is 0 Å². The average Bonchev–Trinajstić information content (AvgIpc) is 3.05. The fourth-order valence-corrected chi connectivity index (χ4v) is 2.08. The molecule has 1 aliphatic heterocycles. The number of hydrogen-bond acceptors (Lipinski definition) is 5. The quantitative estimate of drug-likeness (QED) is 0.436. The molecule has 1 heterocycles. The van der Waals surface area contributed by atoms with E-state index in [1.54, 1.807) is 13.2 Å². The number of aliphatic hydroxyl groups is 1. The smallest absolute Gasteiger partial charge is 0.172 e. The number of nitrogen functional groups attached to an aromatic ring is 1. The Hall–Kier alpha value is -1.30. The van der Waals surface area contributed by atoms with Crippen LogP contribution < -0.4 is 15.8 Å². The summed E-state index contributed by atoms with van der Waals surface area (Å²) < 4.78 is 10.7. The molecule has 0 radical (unpaired) electrons. The minimum absolute atomic E-state index is 0.0507. The lowest BCUT2D eigenvalue weighted by molar-refractivity contribution is -0.165. The molecule has 0 aromatic heterocycles. The van der Waals surface area contributed by atoms with Gasteiger partial charge in [0.05, 0.1) is 24.8 Å². The molecule has 0 amide bonds. The van der Waals surface area contributed by atoms with Crippen LogP contribution in [-0.2, 0) is 4.74 Å². The molecule has 2 rings (SSSR count). The summed E-state index contributed by atoms with van der Waals surface area (Å²) in [6.45, 7) is 5.74. The third-order valence-corrected chi connectivity index (χ3v) is 2.95. The van der Waals surface area contributed by atoms with E-state index in [9.17, 15) is 5.11 Å². The van der Waals surface area contributed by atoms with Crippen molar-refractivity contribution in [3.63, 3.8) is 0 Å². The van der Waals surface area contributed by atoms with E-state index in [1.165, 1.54) is 0 Å².